The van der Waals surface area contributed by atoms with Crippen molar-refractivity contribution in [3.8, 4) is 0 Å². The van der Waals surface area contributed by atoms with E-state index in [-0.39, 0.29) is 11.8 Å². The molecule has 1 aliphatic heterocycles. The summed E-state index contributed by atoms with van der Waals surface area (Å²) in [5.41, 5.74) is 8.35. The number of hydrogen-bond acceptors (Lipinski definition) is 4. The molecule has 3 N–H and O–H groups in total. The number of rotatable bonds is 4. The van der Waals surface area contributed by atoms with Gasteiger partial charge in [-0.2, -0.15) is 0 Å². The summed E-state index contributed by atoms with van der Waals surface area (Å²) in [4.78, 5) is 39.5. The first-order valence-electron chi connectivity index (χ1n) is 9.60. The Bertz CT molecular complexity index is 949. The van der Waals surface area contributed by atoms with Crippen molar-refractivity contribution in [3.63, 3.8) is 0 Å². The van der Waals surface area contributed by atoms with Crippen LogP contribution in [-0.4, -0.2) is 24.3 Å². The fourth-order valence-electron chi connectivity index (χ4n) is 3.99. The predicted molar refractivity (Wildman–Crippen MR) is 110 cm³/mol. The first kappa shape index (κ1) is 18.7. The van der Waals surface area contributed by atoms with Gasteiger partial charge in [-0.15, -0.1) is 11.3 Å². The molecule has 1 aliphatic carbocycles. The van der Waals surface area contributed by atoms with Crippen molar-refractivity contribution in [1.29, 1.82) is 0 Å². The van der Waals surface area contributed by atoms with Gasteiger partial charge in [-0.25, -0.2) is 0 Å². The predicted octanol–water partition coefficient (Wildman–Crippen LogP) is 3.35. The summed E-state index contributed by atoms with van der Waals surface area (Å²) in [7, 11) is 0. The van der Waals surface area contributed by atoms with Crippen molar-refractivity contribution in [2.75, 3.05) is 16.8 Å². The Hall–Kier alpha value is -2.67. The zero-order valence-corrected chi connectivity index (χ0v) is 16.6. The van der Waals surface area contributed by atoms with Gasteiger partial charge in [-0.3, -0.25) is 14.4 Å². The minimum absolute atomic E-state index is 0.113. The molecule has 2 heterocycles. The first-order valence-corrected chi connectivity index (χ1v) is 10.4. The first-order chi connectivity index (χ1) is 13.4. The molecule has 4 rings (SSSR count). The fraction of sp³-hybridized carbons (Fsp3) is 0.381. The number of benzene rings is 1. The fourth-order valence-corrected chi connectivity index (χ4v) is 5.40. The lowest BCUT2D eigenvalue weighted by atomic mass is 9.88. The summed E-state index contributed by atoms with van der Waals surface area (Å²) in [6.07, 6.45) is 4.18. The van der Waals surface area contributed by atoms with E-state index in [9.17, 15) is 14.4 Å². The monoisotopic (exact) mass is 397 g/mol. The van der Waals surface area contributed by atoms with Crippen molar-refractivity contribution in [2.24, 2.45) is 11.7 Å². The van der Waals surface area contributed by atoms with E-state index in [4.69, 9.17) is 5.73 Å². The van der Waals surface area contributed by atoms with Gasteiger partial charge < -0.3 is 16.0 Å². The lowest BCUT2D eigenvalue weighted by Crippen LogP contribution is -2.23. The summed E-state index contributed by atoms with van der Waals surface area (Å²) >= 11 is 1.46. The minimum Gasteiger partial charge on any atom is -0.365 e. The smallest absolute Gasteiger partial charge is 0.256 e. The van der Waals surface area contributed by atoms with Crippen LogP contribution in [-0.2, 0) is 17.6 Å². The van der Waals surface area contributed by atoms with Crippen molar-refractivity contribution in [2.45, 2.75) is 39.0 Å². The molecule has 0 saturated carbocycles. The molecule has 0 unspecified atom stereocenters. The number of nitrogens with one attached hydrogen (secondary N) is 1. The van der Waals surface area contributed by atoms with E-state index in [1.165, 1.54) is 11.3 Å². The van der Waals surface area contributed by atoms with Crippen LogP contribution in [0.5, 0.6) is 0 Å². The van der Waals surface area contributed by atoms with Crippen LogP contribution >= 0.6 is 11.3 Å². The number of thiophene rings is 1. The maximum absolute atomic E-state index is 12.7. The van der Waals surface area contributed by atoms with Crippen LogP contribution in [0, 0.1) is 5.92 Å². The largest absolute Gasteiger partial charge is 0.365 e. The number of primary amides is 1. The number of amides is 3. The molecule has 7 heteroatoms. The second-order valence-electron chi connectivity index (χ2n) is 7.57. The third-order valence-corrected chi connectivity index (χ3v) is 6.67. The standard InChI is InChI=1S/C21H23N3O3S/c1-12-4-9-15-16(11-12)28-21(18(15)19(22)26)23-20(27)13-5-7-14(8-6-13)24-10-2-3-17(24)25/h5-8,12H,2-4,9-11H2,1H3,(H2,22,26)(H,23,27)/t12-/m0/s1. The van der Waals surface area contributed by atoms with Crippen molar-refractivity contribution in [3.05, 3.63) is 45.8 Å². The lowest BCUT2D eigenvalue weighted by Gasteiger charge is -2.18. The second kappa shape index (κ2) is 7.39. The topological polar surface area (TPSA) is 92.5 Å². The molecule has 0 bridgehead atoms. The Morgan fingerprint density at radius 3 is 2.61 bits per heavy atom. The molecule has 3 amide bonds. The molecule has 1 aromatic carbocycles. The molecule has 2 aliphatic rings. The van der Waals surface area contributed by atoms with Gasteiger partial charge in [0.15, 0.2) is 0 Å². The van der Waals surface area contributed by atoms with Crippen LogP contribution in [0.3, 0.4) is 0 Å². The third-order valence-electron chi connectivity index (χ3n) is 5.50. The van der Waals surface area contributed by atoms with Crippen LogP contribution in [0.2, 0.25) is 0 Å². The molecule has 0 spiro atoms. The highest BCUT2D eigenvalue weighted by molar-refractivity contribution is 7.17. The van der Waals surface area contributed by atoms with Crippen LogP contribution in [0.1, 0.15) is 57.3 Å². The molecular formula is C21H23N3O3S. The molecule has 0 radical (unpaired) electrons. The third kappa shape index (κ3) is 3.42. The van der Waals surface area contributed by atoms with Crippen LogP contribution in [0.15, 0.2) is 24.3 Å². The molecule has 1 atom stereocenters. The number of carbonyl (C=O) groups excluding carboxylic acids is 3. The Morgan fingerprint density at radius 1 is 1.21 bits per heavy atom. The van der Waals surface area contributed by atoms with Crippen LogP contribution in [0.25, 0.3) is 0 Å². The highest BCUT2D eigenvalue weighted by Gasteiger charge is 2.27. The highest BCUT2D eigenvalue weighted by Crippen LogP contribution is 2.39. The second-order valence-corrected chi connectivity index (χ2v) is 8.68. The maximum atomic E-state index is 12.7. The SMILES string of the molecule is C[C@H]1CCc2c(sc(NC(=O)c3ccc(N4CCCC4=O)cc3)c2C(N)=O)C1. The van der Waals surface area contributed by atoms with E-state index in [1.54, 1.807) is 29.2 Å². The van der Waals surface area contributed by atoms with Gasteiger partial charge in [0.05, 0.1) is 5.56 Å². The molecule has 1 saturated heterocycles. The Kier molecular flexibility index (Phi) is 4.93. The van der Waals surface area contributed by atoms with Gasteiger partial charge in [0.25, 0.3) is 11.8 Å². The zero-order chi connectivity index (χ0) is 19.8. The quantitative estimate of drug-likeness (QED) is 0.829. The number of hydrogen-bond donors (Lipinski definition) is 2. The van der Waals surface area contributed by atoms with E-state index in [0.717, 1.165) is 41.8 Å². The van der Waals surface area contributed by atoms with Crippen LogP contribution in [0.4, 0.5) is 10.7 Å². The van der Waals surface area contributed by atoms with E-state index < -0.39 is 5.91 Å². The lowest BCUT2D eigenvalue weighted by molar-refractivity contribution is -0.117. The minimum atomic E-state index is -0.495. The van der Waals surface area contributed by atoms with Gasteiger partial charge in [-0.05, 0) is 61.4 Å². The molecule has 6 nitrogen and oxygen atoms in total. The van der Waals surface area contributed by atoms with Crippen molar-refractivity contribution in [1.82, 2.24) is 0 Å². The molecular weight excluding hydrogens is 374 g/mol. The van der Waals surface area contributed by atoms with E-state index in [1.807, 2.05) is 0 Å². The maximum Gasteiger partial charge on any atom is 0.256 e. The van der Waals surface area contributed by atoms with Gasteiger partial charge in [0, 0.05) is 29.1 Å². The Balaban J connectivity index is 1.55. The van der Waals surface area contributed by atoms with E-state index >= 15 is 0 Å². The van der Waals surface area contributed by atoms with Gasteiger partial charge >= 0.3 is 0 Å². The van der Waals surface area contributed by atoms with Crippen molar-refractivity contribution >= 4 is 39.7 Å². The highest BCUT2D eigenvalue weighted by atomic mass is 32.1. The zero-order valence-electron chi connectivity index (χ0n) is 15.8. The summed E-state index contributed by atoms with van der Waals surface area (Å²) in [5.74, 6) is -0.100. The van der Waals surface area contributed by atoms with E-state index in [0.29, 0.717) is 35.0 Å². The number of nitrogens with zero attached hydrogens (tertiary/aromatic N) is 1. The number of fused-ring (bicyclic) bond motifs is 1. The van der Waals surface area contributed by atoms with E-state index in [2.05, 4.69) is 12.2 Å². The summed E-state index contributed by atoms with van der Waals surface area (Å²) in [6, 6.07) is 6.98. The molecule has 1 fully saturated rings. The summed E-state index contributed by atoms with van der Waals surface area (Å²) < 4.78 is 0. The number of carbonyl (C=O) groups is 3. The van der Waals surface area contributed by atoms with Gasteiger partial charge in [0.2, 0.25) is 5.91 Å². The molecule has 146 valence electrons. The average molecular weight is 398 g/mol. The average Bonchev–Trinajstić information content (AvgIpc) is 3.24. The van der Waals surface area contributed by atoms with Gasteiger partial charge in [-0.1, -0.05) is 6.92 Å². The molecule has 28 heavy (non-hydrogen) atoms. The van der Waals surface area contributed by atoms with Gasteiger partial charge in [0.1, 0.15) is 5.00 Å². The number of anilines is 2. The molecule has 1 aromatic heterocycles. The van der Waals surface area contributed by atoms with Crippen LogP contribution < -0.4 is 16.0 Å². The Morgan fingerprint density at radius 2 is 1.96 bits per heavy atom. The summed E-state index contributed by atoms with van der Waals surface area (Å²) in [6.45, 7) is 2.91. The van der Waals surface area contributed by atoms with Crippen molar-refractivity contribution < 1.29 is 14.4 Å². The number of nitrogens with two attached hydrogens (primary N) is 1. The Labute approximate surface area is 167 Å². The summed E-state index contributed by atoms with van der Waals surface area (Å²) in [5, 5.41) is 3.41. The normalized spacial score (nSPS) is 18.8. The molecule has 2 aromatic rings.